The van der Waals surface area contributed by atoms with Gasteiger partial charge in [-0.2, -0.15) is 0 Å². The summed E-state index contributed by atoms with van der Waals surface area (Å²) in [5.41, 5.74) is 6.49. The molecule has 0 unspecified atom stereocenters. The second-order valence-electron chi connectivity index (χ2n) is 9.49. The fourth-order valence-electron chi connectivity index (χ4n) is 5.41. The van der Waals surface area contributed by atoms with Crippen LogP contribution in [0.3, 0.4) is 0 Å². The van der Waals surface area contributed by atoms with Crippen molar-refractivity contribution in [3.63, 3.8) is 0 Å². The molecule has 0 aliphatic rings. The summed E-state index contributed by atoms with van der Waals surface area (Å²) in [5, 5.41) is 4.20. The van der Waals surface area contributed by atoms with E-state index in [1.165, 1.54) is 0 Å². The summed E-state index contributed by atoms with van der Waals surface area (Å²) in [6, 6.07) is 38.5. The minimum absolute atomic E-state index is 0.737. The van der Waals surface area contributed by atoms with E-state index in [0.717, 1.165) is 72.3 Å². The van der Waals surface area contributed by atoms with E-state index < -0.39 is 0 Å². The Morgan fingerprint density at radius 2 is 1.44 bits per heavy atom. The molecule has 0 N–H and O–H groups in total. The van der Waals surface area contributed by atoms with E-state index in [4.69, 9.17) is 14.1 Å². The Balaban J connectivity index is 1.27. The Labute approximate surface area is 223 Å². The molecule has 0 saturated heterocycles. The third-order valence-electron chi connectivity index (χ3n) is 7.13. The predicted molar refractivity (Wildman–Crippen MR) is 156 cm³/mol. The first-order chi connectivity index (χ1) is 19.3. The molecule has 0 spiro atoms. The molecule has 4 heterocycles. The van der Waals surface area contributed by atoms with Gasteiger partial charge in [0, 0.05) is 40.2 Å². The van der Waals surface area contributed by atoms with Crippen LogP contribution in [-0.4, -0.2) is 14.5 Å². The van der Waals surface area contributed by atoms with E-state index in [-0.39, 0.29) is 0 Å². The van der Waals surface area contributed by atoms with Gasteiger partial charge in [0.2, 0.25) is 0 Å². The van der Waals surface area contributed by atoms with Crippen molar-refractivity contribution in [3.05, 3.63) is 128 Å². The first-order valence-electron chi connectivity index (χ1n) is 12.8. The average Bonchev–Trinajstić information content (AvgIpc) is 3.54. The predicted octanol–water partition coefficient (Wildman–Crippen LogP) is 8.93. The molecule has 4 aromatic heterocycles. The lowest BCUT2D eigenvalue weighted by molar-refractivity contribution is 0.482. The largest absolute Gasteiger partial charge is 0.457 e. The van der Waals surface area contributed by atoms with Crippen LogP contribution in [0.1, 0.15) is 0 Å². The van der Waals surface area contributed by atoms with Gasteiger partial charge in [-0.15, -0.1) is 0 Å². The third kappa shape index (κ3) is 3.48. The Hall–Kier alpha value is -5.42. The van der Waals surface area contributed by atoms with Crippen molar-refractivity contribution in [2.75, 3.05) is 0 Å². The molecule has 0 radical (unpaired) electrons. The molecule has 0 atom stereocenters. The topological polar surface area (TPSA) is 53.1 Å². The van der Waals surface area contributed by atoms with Crippen LogP contribution in [0.4, 0.5) is 0 Å². The number of para-hydroxylation sites is 2. The highest BCUT2D eigenvalue weighted by Crippen LogP contribution is 2.39. The summed E-state index contributed by atoms with van der Waals surface area (Å²) in [7, 11) is 0. The highest BCUT2D eigenvalue weighted by molar-refractivity contribution is 6.22. The fraction of sp³-hybridized carbons (Fsp3) is 0. The van der Waals surface area contributed by atoms with Crippen molar-refractivity contribution in [2.24, 2.45) is 0 Å². The maximum Gasteiger partial charge on any atom is 0.149 e. The zero-order chi connectivity index (χ0) is 25.8. The Kier molecular flexibility index (Phi) is 4.76. The smallest absolute Gasteiger partial charge is 0.149 e. The highest BCUT2D eigenvalue weighted by Gasteiger charge is 2.19. The van der Waals surface area contributed by atoms with E-state index in [1.54, 1.807) is 6.20 Å². The number of nitrogens with zero attached hydrogens (tertiary/aromatic N) is 3. The van der Waals surface area contributed by atoms with Gasteiger partial charge in [0.1, 0.15) is 28.3 Å². The van der Waals surface area contributed by atoms with Gasteiger partial charge in [-0.25, -0.2) is 4.98 Å². The van der Waals surface area contributed by atoms with Crippen molar-refractivity contribution >= 4 is 43.9 Å². The van der Waals surface area contributed by atoms with E-state index >= 15 is 0 Å². The molecule has 0 aliphatic carbocycles. The molecule has 0 bridgehead atoms. The number of hydrogen-bond donors (Lipinski definition) is 0. The fourth-order valence-corrected chi connectivity index (χ4v) is 5.41. The lowest BCUT2D eigenvalue weighted by atomic mass is 10.1. The molecule has 184 valence electrons. The standard InChI is InChI=1S/C34H21N3O2/c1-3-16-30-27(14-1)32-33-28(26-13-2-4-17-31(26)39-33)21-36-34(32)37(30)23-10-8-12-25(20-23)38-24-11-7-9-22(19-24)29-15-5-6-18-35-29/h1-21H. The van der Waals surface area contributed by atoms with Gasteiger partial charge in [0.25, 0.3) is 0 Å². The summed E-state index contributed by atoms with van der Waals surface area (Å²) >= 11 is 0. The van der Waals surface area contributed by atoms with Crippen molar-refractivity contribution in [3.8, 4) is 28.4 Å². The zero-order valence-electron chi connectivity index (χ0n) is 20.8. The molecular weight excluding hydrogens is 482 g/mol. The number of aromatic nitrogens is 3. The molecule has 5 nitrogen and oxygen atoms in total. The third-order valence-corrected chi connectivity index (χ3v) is 7.13. The van der Waals surface area contributed by atoms with Crippen LogP contribution in [0.15, 0.2) is 132 Å². The highest BCUT2D eigenvalue weighted by atomic mass is 16.5. The van der Waals surface area contributed by atoms with Gasteiger partial charge in [0.15, 0.2) is 0 Å². The van der Waals surface area contributed by atoms with Crippen molar-refractivity contribution in [2.45, 2.75) is 0 Å². The number of furan rings is 1. The number of fused-ring (bicyclic) bond motifs is 7. The average molecular weight is 504 g/mol. The molecule has 0 amide bonds. The van der Waals surface area contributed by atoms with Crippen LogP contribution in [-0.2, 0) is 0 Å². The molecular formula is C34H21N3O2. The quantitative estimate of drug-likeness (QED) is 0.241. The van der Waals surface area contributed by atoms with Gasteiger partial charge < -0.3 is 9.15 Å². The monoisotopic (exact) mass is 503 g/mol. The lowest BCUT2D eigenvalue weighted by Gasteiger charge is -2.11. The second kappa shape index (κ2) is 8.57. The second-order valence-corrected chi connectivity index (χ2v) is 9.49. The molecule has 0 fully saturated rings. The Bertz CT molecular complexity index is 2160. The summed E-state index contributed by atoms with van der Waals surface area (Å²) in [6.07, 6.45) is 3.72. The molecule has 0 saturated carbocycles. The zero-order valence-corrected chi connectivity index (χ0v) is 20.8. The maximum atomic E-state index is 6.39. The van der Waals surface area contributed by atoms with Gasteiger partial charge >= 0.3 is 0 Å². The van der Waals surface area contributed by atoms with Crippen LogP contribution in [0, 0.1) is 0 Å². The van der Waals surface area contributed by atoms with Crippen LogP contribution in [0.25, 0.3) is 60.8 Å². The minimum atomic E-state index is 0.737. The van der Waals surface area contributed by atoms with Crippen molar-refractivity contribution < 1.29 is 9.15 Å². The molecule has 4 aromatic carbocycles. The van der Waals surface area contributed by atoms with Gasteiger partial charge in [-0.05, 0) is 48.5 Å². The molecule has 5 heteroatoms. The first kappa shape index (κ1) is 21.6. The SMILES string of the molecule is c1ccc(-c2cccc(Oc3cccc(-n4c5ccccc5c5c6oc7ccccc7c6cnc54)c3)c2)nc1. The van der Waals surface area contributed by atoms with Crippen LogP contribution in [0.5, 0.6) is 11.5 Å². The lowest BCUT2D eigenvalue weighted by Crippen LogP contribution is -1.96. The number of ether oxygens (including phenoxy) is 1. The van der Waals surface area contributed by atoms with E-state index in [9.17, 15) is 0 Å². The van der Waals surface area contributed by atoms with Crippen LogP contribution in [0.2, 0.25) is 0 Å². The van der Waals surface area contributed by atoms with Gasteiger partial charge in [-0.3, -0.25) is 9.55 Å². The van der Waals surface area contributed by atoms with E-state index in [2.05, 4.69) is 45.9 Å². The Morgan fingerprint density at radius 1 is 0.641 bits per heavy atom. The van der Waals surface area contributed by atoms with Gasteiger partial charge in [-0.1, -0.05) is 60.7 Å². The maximum absolute atomic E-state index is 6.39. The molecule has 8 aromatic rings. The van der Waals surface area contributed by atoms with E-state index in [1.807, 2.05) is 85.1 Å². The Morgan fingerprint density at radius 3 is 2.33 bits per heavy atom. The number of pyridine rings is 2. The number of hydrogen-bond acceptors (Lipinski definition) is 4. The van der Waals surface area contributed by atoms with Crippen LogP contribution >= 0.6 is 0 Å². The van der Waals surface area contributed by atoms with Gasteiger partial charge in [0.05, 0.1) is 22.3 Å². The summed E-state index contributed by atoms with van der Waals surface area (Å²) in [5.74, 6) is 1.49. The minimum Gasteiger partial charge on any atom is -0.457 e. The number of rotatable bonds is 4. The normalized spacial score (nSPS) is 11.6. The summed E-state index contributed by atoms with van der Waals surface area (Å²) in [4.78, 5) is 9.42. The number of benzene rings is 4. The molecule has 0 aliphatic heterocycles. The van der Waals surface area contributed by atoms with E-state index in [0.29, 0.717) is 0 Å². The summed E-state index contributed by atoms with van der Waals surface area (Å²) in [6.45, 7) is 0. The molecule has 8 rings (SSSR count). The molecule has 39 heavy (non-hydrogen) atoms. The first-order valence-corrected chi connectivity index (χ1v) is 12.8. The summed E-state index contributed by atoms with van der Waals surface area (Å²) < 4.78 is 14.9. The van der Waals surface area contributed by atoms with Crippen molar-refractivity contribution in [1.82, 2.24) is 14.5 Å². The van der Waals surface area contributed by atoms with Crippen LogP contribution < -0.4 is 4.74 Å². The van der Waals surface area contributed by atoms with Crippen molar-refractivity contribution in [1.29, 1.82) is 0 Å².